The molecule has 4 aliphatic rings. The monoisotopic (exact) mass is 397 g/mol. The van der Waals surface area contributed by atoms with Gasteiger partial charge in [-0.05, 0) is 105 Å². The van der Waals surface area contributed by atoms with Crippen LogP contribution in [0.4, 0.5) is 0 Å². The molecular weight excluding hydrogens is 358 g/mol. The van der Waals surface area contributed by atoms with Crippen molar-refractivity contribution in [3.8, 4) is 0 Å². The average Bonchev–Trinajstić information content (AvgIpc) is 3.29. The maximum atomic E-state index is 10.8. The minimum Gasteiger partial charge on any atom is -0.390 e. The third-order valence-electron chi connectivity index (χ3n) is 10.2. The lowest BCUT2D eigenvalue weighted by Crippen LogP contribution is -2.52. The molecule has 0 aliphatic heterocycles. The van der Waals surface area contributed by atoms with Crippen LogP contribution in [-0.4, -0.2) is 25.7 Å². The van der Waals surface area contributed by atoms with Crippen LogP contribution in [0.3, 0.4) is 0 Å². The van der Waals surface area contributed by atoms with Gasteiger partial charge in [-0.2, -0.15) is 0 Å². The van der Waals surface area contributed by atoms with Crippen molar-refractivity contribution in [3.63, 3.8) is 0 Å². The Morgan fingerprint density at radius 1 is 1.14 bits per heavy atom. The largest absolute Gasteiger partial charge is 0.390 e. The van der Waals surface area contributed by atoms with Crippen LogP contribution in [0.25, 0.3) is 0 Å². The van der Waals surface area contributed by atoms with Gasteiger partial charge in [0.05, 0.1) is 18.3 Å². The second-order valence-electron chi connectivity index (χ2n) is 11.6. The maximum absolute atomic E-state index is 10.8. The molecule has 1 heterocycles. The molecule has 0 amide bonds. The molecule has 4 fully saturated rings. The Hall–Kier alpha value is -1.16. The van der Waals surface area contributed by atoms with Crippen LogP contribution in [0.1, 0.15) is 72.1 Å². The summed E-state index contributed by atoms with van der Waals surface area (Å²) >= 11 is 0. The van der Waals surface area contributed by atoms with Gasteiger partial charge in [0.25, 0.3) is 0 Å². The first kappa shape index (κ1) is 19.8. The number of nitrogens with zero attached hydrogens (tertiary/aromatic N) is 3. The molecule has 160 valence electrons. The summed E-state index contributed by atoms with van der Waals surface area (Å²) in [6.45, 7) is 12.3. The van der Waals surface area contributed by atoms with Gasteiger partial charge >= 0.3 is 0 Å². The third kappa shape index (κ3) is 3.12. The number of fused-ring (bicyclic) bond motifs is 5. The molecule has 5 rings (SSSR count). The van der Waals surface area contributed by atoms with E-state index in [1.54, 1.807) is 6.20 Å². The summed E-state index contributed by atoms with van der Waals surface area (Å²) < 4.78 is 1.94. The van der Waals surface area contributed by atoms with E-state index in [1.807, 2.05) is 10.9 Å². The van der Waals surface area contributed by atoms with Crippen molar-refractivity contribution in [2.75, 3.05) is 0 Å². The molecule has 1 N–H and O–H groups in total. The minimum absolute atomic E-state index is 0.414. The summed E-state index contributed by atoms with van der Waals surface area (Å²) in [5, 5.41) is 19.0. The first-order chi connectivity index (χ1) is 13.8. The van der Waals surface area contributed by atoms with E-state index in [0.717, 1.165) is 42.6 Å². The number of hydrogen-bond acceptors (Lipinski definition) is 3. The second-order valence-corrected chi connectivity index (χ2v) is 11.6. The Morgan fingerprint density at radius 3 is 2.72 bits per heavy atom. The molecule has 0 spiro atoms. The third-order valence-corrected chi connectivity index (χ3v) is 10.2. The van der Waals surface area contributed by atoms with E-state index in [2.05, 4.69) is 37.7 Å². The van der Waals surface area contributed by atoms with Crippen LogP contribution in [0, 0.1) is 46.8 Å². The fraction of sp³-hybridized carbons (Fsp3) is 0.840. The van der Waals surface area contributed by atoms with Crippen LogP contribution < -0.4 is 0 Å². The van der Waals surface area contributed by atoms with E-state index in [4.69, 9.17) is 0 Å². The van der Waals surface area contributed by atoms with E-state index in [9.17, 15) is 5.11 Å². The molecule has 0 radical (unpaired) electrons. The van der Waals surface area contributed by atoms with Crippen LogP contribution in [0.5, 0.6) is 0 Å². The summed E-state index contributed by atoms with van der Waals surface area (Å²) in [4.78, 5) is 0. The van der Waals surface area contributed by atoms with Crippen LogP contribution in [0.15, 0.2) is 24.5 Å². The van der Waals surface area contributed by atoms with E-state index >= 15 is 0 Å². The standard InChI is InChI=1S/C25H39N3O/c1-16(15-28-12-11-26-27-28)22-7-8-23-20-6-5-18-14-25(4,29)17(2)13-21(18)19(20)9-10-24(22,23)3/h11-12,17-23,29H,1,5-10,13-15H2,2-4H3/t17-,18+,19+,20-,21+,22-,23+,24-,25+/m1/s1. The maximum Gasteiger partial charge on any atom is 0.0693 e. The quantitative estimate of drug-likeness (QED) is 0.722. The molecule has 0 unspecified atom stereocenters. The van der Waals surface area contributed by atoms with Gasteiger partial charge in [-0.25, -0.2) is 4.68 Å². The molecule has 4 aliphatic carbocycles. The zero-order chi connectivity index (χ0) is 20.4. The number of rotatable bonds is 3. The topological polar surface area (TPSA) is 50.9 Å². The molecule has 29 heavy (non-hydrogen) atoms. The highest BCUT2D eigenvalue weighted by molar-refractivity contribution is 5.15. The van der Waals surface area contributed by atoms with Gasteiger partial charge in [-0.1, -0.05) is 31.2 Å². The summed E-state index contributed by atoms with van der Waals surface area (Å²) in [6, 6.07) is 0. The summed E-state index contributed by atoms with van der Waals surface area (Å²) in [5.74, 6) is 5.33. The number of aromatic nitrogens is 3. The molecule has 1 aromatic rings. The predicted octanol–water partition coefficient (Wildman–Crippen LogP) is 5.10. The van der Waals surface area contributed by atoms with Crippen molar-refractivity contribution in [2.24, 2.45) is 46.8 Å². The first-order valence-electron chi connectivity index (χ1n) is 12.0. The molecular formula is C25H39N3O. The van der Waals surface area contributed by atoms with Crippen LogP contribution in [0.2, 0.25) is 0 Å². The fourth-order valence-corrected chi connectivity index (χ4v) is 8.55. The molecule has 4 saturated carbocycles. The van der Waals surface area contributed by atoms with Gasteiger partial charge in [0, 0.05) is 6.20 Å². The van der Waals surface area contributed by atoms with E-state index in [0.29, 0.717) is 17.3 Å². The Kier molecular flexibility index (Phi) is 4.73. The normalized spacial score (nSPS) is 49.2. The van der Waals surface area contributed by atoms with E-state index in [1.165, 1.54) is 50.5 Å². The highest BCUT2D eigenvalue weighted by Gasteiger charge is 2.58. The van der Waals surface area contributed by atoms with E-state index < -0.39 is 5.60 Å². The number of aliphatic hydroxyl groups is 1. The van der Waals surface area contributed by atoms with Crippen LogP contribution >= 0.6 is 0 Å². The molecule has 0 saturated heterocycles. The van der Waals surface area contributed by atoms with Crippen LogP contribution in [-0.2, 0) is 6.54 Å². The second kappa shape index (κ2) is 6.93. The van der Waals surface area contributed by atoms with Gasteiger partial charge in [-0.3, -0.25) is 0 Å². The summed E-state index contributed by atoms with van der Waals surface area (Å²) in [6.07, 6.45) is 14.1. The highest BCUT2D eigenvalue weighted by Crippen LogP contribution is 2.65. The predicted molar refractivity (Wildman–Crippen MR) is 115 cm³/mol. The molecule has 0 aromatic carbocycles. The fourth-order valence-electron chi connectivity index (χ4n) is 8.55. The van der Waals surface area contributed by atoms with E-state index in [-0.39, 0.29) is 0 Å². The Balaban J connectivity index is 1.33. The van der Waals surface area contributed by atoms with Gasteiger partial charge in [0.2, 0.25) is 0 Å². The van der Waals surface area contributed by atoms with Crippen molar-refractivity contribution in [1.82, 2.24) is 15.0 Å². The average molecular weight is 398 g/mol. The van der Waals surface area contributed by atoms with Gasteiger partial charge in [0.15, 0.2) is 0 Å². The first-order valence-corrected chi connectivity index (χ1v) is 12.0. The Morgan fingerprint density at radius 2 is 1.97 bits per heavy atom. The smallest absolute Gasteiger partial charge is 0.0693 e. The Labute approximate surface area is 176 Å². The number of allylic oxidation sites excluding steroid dienone is 1. The number of hydrogen-bond donors (Lipinski definition) is 1. The van der Waals surface area contributed by atoms with Crippen molar-refractivity contribution < 1.29 is 5.11 Å². The summed E-state index contributed by atoms with van der Waals surface area (Å²) in [5.41, 5.74) is 1.32. The van der Waals surface area contributed by atoms with Gasteiger partial charge < -0.3 is 5.11 Å². The zero-order valence-corrected chi connectivity index (χ0v) is 18.6. The molecule has 4 heteroatoms. The van der Waals surface area contributed by atoms with Crippen molar-refractivity contribution in [2.45, 2.75) is 84.3 Å². The molecule has 1 aromatic heterocycles. The SMILES string of the molecule is C=C(Cn1ccnn1)[C@H]1CC[C@H]2[C@@H]3CC[C@H]4C[C@](C)(O)[C@H](C)C[C@@H]4[C@H]3CC[C@]12C. The summed E-state index contributed by atoms with van der Waals surface area (Å²) in [7, 11) is 0. The molecule has 4 nitrogen and oxygen atoms in total. The van der Waals surface area contributed by atoms with Gasteiger partial charge in [-0.15, -0.1) is 5.10 Å². The lowest BCUT2D eigenvalue weighted by atomic mass is 9.48. The lowest BCUT2D eigenvalue weighted by molar-refractivity contribution is -0.121. The highest BCUT2D eigenvalue weighted by atomic mass is 16.3. The molecule has 0 bridgehead atoms. The molecule has 9 atom stereocenters. The minimum atomic E-state index is -0.450. The van der Waals surface area contributed by atoms with Crippen molar-refractivity contribution >= 4 is 0 Å². The van der Waals surface area contributed by atoms with Crippen molar-refractivity contribution in [1.29, 1.82) is 0 Å². The van der Waals surface area contributed by atoms with Crippen molar-refractivity contribution in [3.05, 3.63) is 24.5 Å². The lowest BCUT2D eigenvalue weighted by Gasteiger charge is -2.58. The van der Waals surface area contributed by atoms with Gasteiger partial charge in [0.1, 0.15) is 0 Å². The zero-order valence-electron chi connectivity index (χ0n) is 18.6. The Bertz CT molecular complexity index is 756.